The van der Waals surface area contributed by atoms with Crippen LogP contribution in [0.15, 0.2) is 48.8 Å². The van der Waals surface area contributed by atoms with Crippen molar-refractivity contribution in [3.63, 3.8) is 0 Å². The third-order valence-electron chi connectivity index (χ3n) is 4.45. The van der Waals surface area contributed by atoms with Crippen molar-refractivity contribution >= 4 is 28.2 Å². The lowest BCUT2D eigenvalue weighted by Crippen LogP contribution is -2.14. The van der Waals surface area contributed by atoms with Crippen molar-refractivity contribution in [1.29, 1.82) is 0 Å². The maximum atomic E-state index is 10.0. The molecule has 2 N–H and O–H groups in total. The van der Waals surface area contributed by atoms with Gasteiger partial charge in [0.05, 0.1) is 5.69 Å². The van der Waals surface area contributed by atoms with Gasteiger partial charge in [-0.2, -0.15) is 11.8 Å². The molecule has 2 rings (SSSR count). The van der Waals surface area contributed by atoms with Gasteiger partial charge in [-0.25, -0.2) is 0 Å². The number of phenols is 1. The number of aryl methyl sites for hydroxylation is 1. The average Bonchev–Trinajstić information content (AvgIpc) is 2.92. The smallest absolute Gasteiger partial charge is 0.116 e. The van der Waals surface area contributed by atoms with E-state index in [2.05, 4.69) is 44.2 Å². The first-order valence-corrected chi connectivity index (χ1v) is 10.6. The van der Waals surface area contributed by atoms with Gasteiger partial charge in [0.2, 0.25) is 0 Å². The van der Waals surface area contributed by atoms with Crippen LogP contribution < -0.4 is 0 Å². The largest absolute Gasteiger partial charge is 0.509 e. The molecule has 1 aromatic carbocycles. The predicted molar refractivity (Wildman–Crippen MR) is 122 cm³/mol. The first kappa shape index (κ1) is 23.0. The molecule has 0 saturated carbocycles. The normalized spacial score (nSPS) is 12.3. The molecule has 0 radical (unpaired) electrons. The maximum absolute atomic E-state index is 10.0. The summed E-state index contributed by atoms with van der Waals surface area (Å²) in [6.45, 7) is 14.0. The van der Waals surface area contributed by atoms with Crippen LogP contribution in [0.25, 0.3) is 16.5 Å². The van der Waals surface area contributed by atoms with E-state index >= 15 is 0 Å². The van der Waals surface area contributed by atoms with Crippen molar-refractivity contribution in [2.24, 2.45) is 7.05 Å². The molecule has 0 bridgehead atoms. The van der Waals surface area contributed by atoms with Crippen LogP contribution in [0.2, 0.25) is 0 Å². The van der Waals surface area contributed by atoms with E-state index in [0.29, 0.717) is 0 Å². The fourth-order valence-electron chi connectivity index (χ4n) is 3.13. The number of hydrogen-bond acceptors (Lipinski definition) is 3. The van der Waals surface area contributed by atoms with E-state index in [9.17, 15) is 10.2 Å². The minimum atomic E-state index is -0.139. The van der Waals surface area contributed by atoms with E-state index in [0.717, 1.165) is 28.6 Å². The highest BCUT2D eigenvalue weighted by Crippen LogP contribution is 2.44. The molecule has 27 heavy (non-hydrogen) atoms. The molecule has 2 aromatic rings. The zero-order valence-electron chi connectivity index (χ0n) is 17.6. The van der Waals surface area contributed by atoms with Gasteiger partial charge in [-0.05, 0) is 62.4 Å². The number of thioether (sulfide) groups is 1. The van der Waals surface area contributed by atoms with Gasteiger partial charge in [-0.3, -0.25) is 0 Å². The zero-order valence-corrected chi connectivity index (χ0v) is 18.4. The van der Waals surface area contributed by atoms with Gasteiger partial charge >= 0.3 is 0 Å². The van der Waals surface area contributed by atoms with Crippen molar-refractivity contribution in [3.05, 3.63) is 60.0 Å². The number of fused-ring (bicyclic) bond motifs is 1. The monoisotopic (exact) mass is 387 g/mol. The van der Waals surface area contributed by atoms with E-state index in [1.807, 2.05) is 39.1 Å². The van der Waals surface area contributed by atoms with Crippen LogP contribution in [0.1, 0.15) is 52.3 Å². The Morgan fingerprint density at radius 2 is 1.89 bits per heavy atom. The van der Waals surface area contributed by atoms with E-state index < -0.39 is 0 Å². The molecule has 4 heteroatoms. The number of phenolic OH excluding ortho intramolecular Hbond substituents is 1. The number of benzene rings is 1. The number of rotatable bonds is 6. The summed E-state index contributed by atoms with van der Waals surface area (Å²) < 4.78 is 2.02. The summed E-state index contributed by atoms with van der Waals surface area (Å²) in [4.78, 5) is 0. The fraction of sp³-hybridized carbons (Fsp3) is 0.391. The minimum Gasteiger partial charge on any atom is -0.509 e. The highest BCUT2D eigenvalue weighted by atomic mass is 32.2. The molecule has 0 aliphatic carbocycles. The lowest BCUT2D eigenvalue weighted by Gasteiger charge is -2.25. The van der Waals surface area contributed by atoms with Crippen LogP contribution in [-0.2, 0) is 11.8 Å². The summed E-state index contributed by atoms with van der Waals surface area (Å²) in [5.74, 6) is 0.298. The maximum Gasteiger partial charge on any atom is 0.116 e. The second-order valence-electron chi connectivity index (χ2n) is 6.59. The number of aliphatic hydroxyl groups is 1. The molecule has 0 fully saturated rings. The molecule has 0 aliphatic rings. The lowest BCUT2D eigenvalue weighted by atomic mass is 9.94. The summed E-state index contributed by atoms with van der Waals surface area (Å²) in [5, 5.41) is 20.6. The quantitative estimate of drug-likeness (QED) is 0.417. The van der Waals surface area contributed by atoms with Gasteiger partial charge in [-0.1, -0.05) is 33.4 Å². The summed E-state index contributed by atoms with van der Waals surface area (Å²) in [6.07, 6.45) is 8.64. The molecule has 3 nitrogen and oxygen atoms in total. The standard InChI is InChI=1S/C21H27NO2S.C2H6/c1-7-8-15(10-9-14(2)23)20-19(21(3,4)25-6)17-13-16(24)11-12-18(17)22(20)5;1-2/h8-13,23-24H,2,7H2,1,3-6H3;1-2H3/b10-9-,15-8+;. The average molecular weight is 388 g/mol. The fourth-order valence-corrected chi connectivity index (χ4v) is 3.54. The summed E-state index contributed by atoms with van der Waals surface area (Å²) in [5.41, 5.74) is 4.39. The number of allylic oxidation sites excluding steroid dienone is 4. The number of hydrogen-bond donors (Lipinski definition) is 2. The highest BCUT2D eigenvalue weighted by Gasteiger charge is 2.29. The Morgan fingerprint density at radius 1 is 1.26 bits per heavy atom. The Kier molecular flexibility index (Phi) is 8.29. The second-order valence-corrected chi connectivity index (χ2v) is 8.02. The third-order valence-corrected chi connectivity index (χ3v) is 5.67. The summed E-state index contributed by atoms with van der Waals surface area (Å²) >= 11 is 1.78. The van der Waals surface area contributed by atoms with Gasteiger partial charge in [0.1, 0.15) is 11.5 Å². The topological polar surface area (TPSA) is 45.4 Å². The van der Waals surface area contributed by atoms with Crippen LogP contribution in [0, 0.1) is 0 Å². The molecular weight excluding hydrogens is 354 g/mol. The van der Waals surface area contributed by atoms with Crippen molar-refractivity contribution in [2.75, 3.05) is 6.26 Å². The molecule has 148 valence electrons. The van der Waals surface area contributed by atoms with Gasteiger partial charge in [0, 0.05) is 28.3 Å². The number of aliphatic hydroxyl groups excluding tert-OH is 1. The predicted octanol–water partition coefficient (Wildman–Crippen LogP) is 6.93. The van der Waals surface area contributed by atoms with Gasteiger partial charge in [0.15, 0.2) is 0 Å². The van der Waals surface area contributed by atoms with Gasteiger partial charge in [0.25, 0.3) is 0 Å². The van der Waals surface area contributed by atoms with E-state index in [4.69, 9.17) is 0 Å². The summed E-state index contributed by atoms with van der Waals surface area (Å²) in [7, 11) is 2.04. The molecule has 0 spiro atoms. The molecule has 0 saturated heterocycles. The van der Waals surface area contributed by atoms with Crippen LogP contribution in [0.3, 0.4) is 0 Å². The SMILES string of the molecule is C=C(O)/C=C\C(=C/CC)c1c(C(C)(C)SC)c2cc(O)ccc2n1C.CC. The minimum absolute atomic E-state index is 0.0316. The molecule has 1 heterocycles. The molecule has 1 aromatic heterocycles. The van der Waals surface area contributed by atoms with E-state index in [1.165, 1.54) is 5.56 Å². The van der Waals surface area contributed by atoms with Crippen molar-refractivity contribution in [2.45, 2.75) is 45.8 Å². The van der Waals surface area contributed by atoms with Crippen LogP contribution in [-0.4, -0.2) is 21.0 Å². The van der Waals surface area contributed by atoms with Crippen molar-refractivity contribution in [1.82, 2.24) is 4.57 Å². The first-order chi connectivity index (χ1) is 12.7. The Bertz CT molecular complexity index is 857. The van der Waals surface area contributed by atoms with Gasteiger partial charge in [-0.15, -0.1) is 0 Å². The molecule has 0 amide bonds. The first-order valence-electron chi connectivity index (χ1n) is 9.36. The molecule has 0 atom stereocenters. The van der Waals surface area contributed by atoms with Crippen molar-refractivity contribution in [3.8, 4) is 5.75 Å². The Labute approximate surface area is 168 Å². The molecule has 0 unspecified atom stereocenters. The van der Waals surface area contributed by atoms with Crippen LogP contribution >= 0.6 is 11.8 Å². The Morgan fingerprint density at radius 3 is 2.41 bits per heavy atom. The molecular formula is C23H33NO2S. The Balaban J connectivity index is 0.00000176. The van der Waals surface area contributed by atoms with Crippen LogP contribution in [0.5, 0.6) is 5.75 Å². The van der Waals surface area contributed by atoms with Crippen LogP contribution in [0.4, 0.5) is 0 Å². The van der Waals surface area contributed by atoms with Gasteiger partial charge < -0.3 is 14.8 Å². The summed E-state index contributed by atoms with van der Waals surface area (Å²) in [6, 6.07) is 5.51. The third kappa shape index (κ3) is 5.01. The van der Waals surface area contributed by atoms with E-state index in [-0.39, 0.29) is 16.3 Å². The van der Waals surface area contributed by atoms with E-state index in [1.54, 1.807) is 23.9 Å². The molecule has 0 aliphatic heterocycles. The number of aromatic nitrogens is 1. The highest BCUT2D eigenvalue weighted by molar-refractivity contribution is 7.99. The number of aromatic hydroxyl groups is 1. The number of nitrogens with zero attached hydrogens (tertiary/aromatic N) is 1. The lowest BCUT2D eigenvalue weighted by molar-refractivity contribution is 0.435. The second kappa shape index (κ2) is 9.75. The van der Waals surface area contributed by atoms with Crippen molar-refractivity contribution < 1.29 is 10.2 Å². The zero-order chi connectivity index (χ0) is 20.8. The Hall–Kier alpha value is -2.07.